The summed E-state index contributed by atoms with van der Waals surface area (Å²) >= 11 is 1.61. The van der Waals surface area contributed by atoms with Gasteiger partial charge in [0.2, 0.25) is 5.95 Å². The van der Waals surface area contributed by atoms with E-state index in [9.17, 15) is 0 Å². The first-order valence-corrected chi connectivity index (χ1v) is 19.0. The van der Waals surface area contributed by atoms with Crippen molar-refractivity contribution in [2.24, 2.45) is 0 Å². The standard InChI is InChI=1S/C48H30N6S/c1-4-14-31(15-5-1)40-30-41(32-16-6-2-7-17-32)50-48(49-40)54-43-23-13-11-21-37(43)39-29-34(25-27-45(39)54)47-52-51-46(55-47)33-24-26-44-38(28-33)36-20-10-12-22-42(36)53(44)35-18-8-3-9-19-35/h1-30H. The van der Waals surface area contributed by atoms with Gasteiger partial charge in [0.1, 0.15) is 10.0 Å². The summed E-state index contributed by atoms with van der Waals surface area (Å²) in [5.74, 6) is 0.626. The zero-order chi connectivity index (χ0) is 36.3. The first kappa shape index (κ1) is 31.3. The second-order valence-corrected chi connectivity index (χ2v) is 14.6. The molecule has 0 radical (unpaired) electrons. The lowest BCUT2D eigenvalue weighted by Gasteiger charge is -2.11. The molecule has 11 aromatic rings. The second kappa shape index (κ2) is 12.7. The first-order chi connectivity index (χ1) is 27.3. The van der Waals surface area contributed by atoms with Crippen LogP contribution < -0.4 is 0 Å². The van der Waals surface area contributed by atoms with Crippen molar-refractivity contribution < 1.29 is 0 Å². The SMILES string of the molecule is c1ccc(-c2cc(-c3ccccc3)nc(-n3c4ccccc4c4cc(-c5nnc(-c6ccc7c(c6)c6ccccc6n7-c6ccccc6)s5)ccc43)n2)cc1. The Bertz CT molecular complexity index is 3140. The minimum Gasteiger partial charge on any atom is -0.309 e. The van der Waals surface area contributed by atoms with Crippen molar-refractivity contribution in [3.63, 3.8) is 0 Å². The lowest BCUT2D eigenvalue weighted by Crippen LogP contribution is -2.03. The number of fused-ring (bicyclic) bond motifs is 6. The quantitative estimate of drug-likeness (QED) is 0.171. The number of nitrogens with zero attached hydrogens (tertiary/aromatic N) is 6. The van der Waals surface area contributed by atoms with Crippen LogP contribution in [0.4, 0.5) is 0 Å². The second-order valence-electron chi connectivity index (χ2n) is 13.6. The zero-order valence-electron chi connectivity index (χ0n) is 29.4. The molecule has 0 saturated heterocycles. The summed E-state index contributed by atoms with van der Waals surface area (Å²) < 4.78 is 4.51. The van der Waals surface area contributed by atoms with E-state index < -0.39 is 0 Å². The summed E-state index contributed by atoms with van der Waals surface area (Å²) in [6.45, 7) is 0. The molecule has 4 heterocycles. The molecule has 4 aromatic heterocycles. The molecule has 0 unspecified atom stereocenters. The maximum atomic E-state index is 5.18. The van der Waals surface area contributed by atoms with Crippen LogP contribution in [0.5, 0.6) is 0 Å². The average molecular weight is 723 g/mol. The van der Waals surface area contributed by atoms with Crippen LogP contribution in [0.1, 0.15) is 0 Å². The van der Waals surface area contributed by atoms with E-state index >= 15 is 0 Å². The molecule has 7 heteroatoms. The van der Waals surface area contributed by atoms with Gasteiger partial charge in [-0.15, -0.1) is 10.2 Å². The molecule has 0 aliphatic heterocycles. The lowest BCUT2D eigenvalue weighted by atomic mass is 10.1. The number of hydrogen-bond acceptors (Lipinski definition) is 5. The predicted octanol–water partition coefficient (Wildman–Crippen LogP) is 12.2. The minimum absolute atomic E-state index is 0.626. The largest absolute Gasteiger partial charge is 0.309 e. The van der Waals surface area contributed by atoms with E-state index in [1.165, 1.54) is 16.3 Å². The normalized spacial score (nSPS) is 11.6. The fraction of sp³-hybridized carbons (Fsp3) is 0. The summed E-state index contributed by atoms with van der Waals surface area (Å²) in [6, 6.07) is 63.4. The Morgan fingerprint density at radius 1 is 0.345 bits per heavy atom. The van der Waals surface area contributed by atoms with Gasteiger partial charge >= 0.3 is 0 Å². The van der Waals surface area contributed by atoms with Crippen molar-refractivity contribution in [1.29, 1.82) is 0 Å². The molecular formula is C48H30N6S. The maximum Gasteiger partial charge on any atom is 0.235 e. The summed E-state index contributed by atoms with van der Waals surface area (Å²) in [5, 5.41) is 15.8. The summed E-state index contributed by atoms with van der Waals surface area (Å²) in [4.78, 5) is 10.4. The van der Waals surface area contributed by atoms with Gasteiger partial charge in [0.15, 0.2) is 0 Å². The van der Waals surface area contributed by atoms with Crippen LogP contribution in [0.3, 0.4) is 0 Å². The number of para-hydroxylation sites is 3. The van der Waals surface area contributed by atoms with Gasteiger partial charge in [-0.05, 0) is 66.7 Å². The third-order valence-corrected chi connectivity index (χ3v) is 11.4. The topological polar surface area (TPSA) is 61.4 Å². The van der Waals surface area contributed by atoms with Crippen molar-refractivity contribution in [1.82, 2.24) is 29.3 Å². The van der Waals surface area contributed by atoms with Crippen molar-refractivity contribution >= 4 is 54.9 Å². The van der Waals surface area contributed by atoms with Crippen LogP contribution in [-0.4, -0.2) is 29.3 Å². The van der Waals surface area contributed by atoms with Gasteiger partial charge in [-0.3, -0.25) is 4.57 Å². The number of benzene rings is 7. The minimum atomic E-state index is 0.626. The van der Waals surface area contributed by atoms with Gasteiger partial charge in [0.05, 0.1) is 33.5 Å². The number of hydrogen-bond donors (Lipinski definition) is 0. The van der Waals surface area contributed by atoms with E-state index in [0.29, 0.717) is 5.95 Å². The van der Waals surface area contributed by atoms with Crippen LogP contribution in [0.25, 0.3) is 98.9 Å². The monoisotopic (exact) mass is 722 g/mol. The smallest absolute Gasteiger partial charge is 0.235 e. The molecule has 0 spiro atoms. The van der Waals surface area contributed by atoms with Crippen molar-refractivity contribution in [3.8, 4) is 55.3 Å². The molecule has 0 aliphatic rings. The maximum absolute atomic E-state index is 5.18. The Balaban J connectivity index is 1.03. The molecule has 0 atom stereocenters. The molecule has 0 bridgehead atoms. The summed E-state index contributed by atoms with van der Waals surface area (Å²) in [5.41, 5.74) is 11.4. The Kier molecular flexibility index (Phi) is 7.25. The van der Waals surface area contributed by atoms with E-state index in [4.69, 9.17) is 20.2 Å². The molecule has 258 valence electrons. The highest BCUT2D eigenvalue weighted by molar-refractivity contribution is 7.17. The molecule has 0 aliphatic carbocycles. The van der Waals surface area contributed by atoms with Gasteiger partial charge in [-0.25, -0.2) is 9.97 Å². The van der Waals surface area contributed by atoms with E-state index in [2.05, 4.69) is 155 Å². The number of aromatic nitrogens is 6. The van der Waals surface area contributed by atoms with Crippen LogP contribution in [0.15, 0.2) is 182 Å². The van der Waals surface area contributed by atoms with Crippen LogP contribution in [0.2, 0.25) is 0 Å². The molecule has 11 rings (SSSR count). The Hall–Kier alpha value is -7.22. The predicted molar refractivity (Wildman–Crippen MR) is 226 cm³/mol. The molecule has 0 saturated carbocycles. The highest BCUT2D eigenvalue weighted by atomic mass is 32.1. The fourth-order valence-electron chi connectivity index (χ4n) is 7.79. The fourth-order valence-corrected chi connectivity index (χ4v) is 8.62. The van der Waals surface area contributed by atoms with Gasteiger partial charge in [-0.1, -0.05) is 127 Å². The van der Waals surface area contributed by atoms with E-state index in [-0.39, 0.29) is 0 Å². The van der Waals surface area contributed by atoms with Crippen molar-refractivity contribution in [2.75, 3.05) is 0 Å². The zero-order valence-corrected chi connectivity index (χ0v) is 30.2. The van der Waals surface area contributed by atoms with E-state index in [0.717, 1.165) is 76.7 Å². The van der Waals surface area contributed by atoms with Gasteiger partial charge in [-0.2, -0.15) is 0 Å². The summed E-state index contributed by atoms with van der Waals surface area (Å²) in [6.07, 6.45) is 0. The highest BCUT2D eigenvalue weighted by Crippen LogP contribution is 2.39. The Morgan fingerprint density at radius 3 is 1.33 bits per heavy atom. The van der Waals surface area contributed by atoms with E-state index in [1.54, 1.807) is 11.3 Å². The molecule has 0 N–H and O–H groups in total. The third-order valence-electron chi connectivity index (χ3n) is 10.3. The highest BCUT2D eigenvalue weighted by Gasteiger charge is 2.19. The van der Waals surface area contributed by atoms with Gasteiger partial charge < -0.3 is 4.57 Å². The van der Waals surface area contributed by atoms with Crippen LogP contribution >= 0.6 is 11.3 Å². The Morgan fingerprint density at radius 2 is 0.782 bits per heavy atom. The van der Waals surface area contributed by atoms with Crippen molar-refractivity contribution in [2.45, 2.75) is 0 Å². The van der Waals surface area contributed by atoms with Crippen molar-refractivity contribution in [3.05, 3.63) is 182 Å². The molecule has 0 fully saturated rings. The molecule has 0 amide bonds. The summed E-state index contributed by atoms with van der Waals surface area (Å²) in [7, 11) is 0. The molecule has 6 nitrogen and oxygen atoms in total. The lowest BCUT2D eigenvalue weighted by molar-refractivity contribution is 0.995. The van der Waals surface area contributed by atoms with Gasteiger partial charge in [0.25, 0.3) is 0 Å². The number of rotatable bonds is 6. The first-order valence-electron chi connectivity index (χ1n) is 18.2. The molecule has 55 heavy (non-hydrogen) atoms. The molecular weight excluding hydrogens is 693 g/mol. The third kappa shape index (κ3) is 5.24. The van der Waals surface area contributed by atoms with Crippen LogP contribution in [-0.2, 0) is 0 Å². The van der Waals surface area contributed by atoms with Crippen LogP contribution in [0, 0.1) is 0 Å². The average Bonchev–Trinajstić information content (AvgIpc) is 3.97. The van der Waals surface area contributed by atoms with E-state index in [1.807, 2.05) is 36.4 Å². The molecule has 7 aromatic carbocycles. The van der Waals surface area contributed by atoms with Gasteiger partial charge in [0, 0.05) is 49.5 Å². The Labute approximate surface area is 320 Å².